The van der Waals surface area contributed by atoms with Crippen LogP contribution in [0.3, 0.4) is 0 Å². The first kappa shape index (κ1) is 17.1. The standard InChI is InChI=1S/C18H18ClN5O/c19-13-6-1-2-7-14(13)22-17-12-16(15-8-3-4-9-20-15)23-18(24-17)21-10-5-11-25/h1-4,6-9,12,25H,5,10-11H2,(H2,21,22,23,24). The molecular weight excluding hydrogens is 338 g/mol. The third-order valence-corrected chi connectivity index (χ3v) is 3.74. The molecule has 0 spiro atoms. The van der Waals surface area contributed by atoms with Crippen molar-refractivity contribution in [1.29, 1.82) is 0 Å². The quantitative estimate of drug-likeness (QED) is 0.560. The summed E-state index contributed by atoms with van der Waals surface area (Å²) < 4.78 is 0. The molecule has 0 saturated heterocycles. The van der Waals surface area contributed by atoms with Gasteiger partial charge in [0.15, 0.2) is 0 Å². The Balaban J connectivity index is 1.93. The summed E-state index contributed by atoms with van der Waals surface area (Å²) in [5.74, 6) is 1.07. The van der Waals surface area contributed by atoms with Gasteiger partial charge in [-0.05, 0) is 30.7 Å². The predicted molar refractivity (Wildman–Crippen MR) is 100 cm³/mol. The Labute approximate surface area is 150 Å². The highest BCUT2D eigenvalue weighted by atomic mass is 35.5. The van der Waals surface area contributed by atoms with Gasteiger partial charge in [0.2, 0.25) is 5.95 Å². The van der Waals surface area contributed by atoms with Gasteiger partial charge in [-0.1, -0.05) is 29.8 Å². The maximum Gasteiger partial charge on any atom is 0.225 e. The number of aliphatic hydroxyl groups excluding tert-OH is 1. The molecule has 0 aliphatic carbocycles. The molecule has 0 unspecified atom stereocenters. The number of anilines is 3. The summed E-state index contributed by atoms with van der Waals surface area (Å²) in [7, 11) is 0. The van der Waals surface area contributed by atoms with Crippen LogP contribution in [0.2, 0.25) is 5.02 Å². The van der Waals surface area contributed by atoms with Gasteiger partial charge in [-0.2, -0.15) is 4.98 Å². The summed E-state index contributed by atoms with van der Waals surface area (Å²) in [4.78, 5) is 13.3. The van der Waals surface area contributed by atoms with Crippen molar-refractivity contribution in [1.82, 2.24) is 15.0 Å². The molecule has 25 heavy (non-hydrogen) atoms. The van der Waals surface area contributed by atoms with Crippen molar-refractivity contribution < 1.29 is 5.11 Å². The van der Waals surface area contributed by atoms with Crippen molar-refractivity contribution in [3.63, 3.8) is 0 Å². The molecule has 3 N–H and O–H groups in total. The van der Waals surface area contributed by atoms with Gasteiger partial charge < -0.3 is 15.7 Å². The molecule has 1 aromatic carbocycles. The summed E-state index contributed by atoms with van der Waals surface area (Å²) in [6.07, 6.45) is 2.34. The second-order valence-electron chi connectivity index (χ2n) is 5.29. The average Bonchev–Trinajstić information content (AvgIpc) is 2.64. The van der Waals surface area contributed by atoms with E-state index in [1.807, 2.05) is 48.5 Å². The number of pyridine rings is 1. The number of rotatable bonds is 7. The van der Waals surface area contributed by atoms with Crippen molar-refractivity contribution in [2.24, 2.45) is 0 Å². The summed E-state index contributed by atoms with van der Waals surface area (Å²) in [6, 6.07) is 14.9. The maximum absolute atomic E-state index is 8.94. The van der Waals surface area contributed by atoms with Gasteiger partial charge in [0.1, 0.15) is 5.82 Å². The Morgan fingerprint density at radius 2 is 1.84 bits per heavy atom. The summed E-state index contributed by atoms with van der Waals surface area (Å²) >= 11 is 6.21. The zero-order valence-corrected chi connectivity index (χ0v) is 14.2. The van der Waals surface area contributed by atoms with E-state index in [-0.39, 0.29) is 6.61 Å². The minimum absolute atomic E-state index is 0.109. The molecule has 0 aliphatic rings. The molecule has 0 atom stereocenters. The van der Waals surface area contributed by atoms with Crippen molar-refractivity contribution >= 4 is 29.1 Å². The van der Waals surface area contributed by atoms with E-state index in [1.54, 1.807) is 6.20 Å². The molecule has 3 aromatic rings. The highest BCUT2D eigenvalue weighted by Gasteiger charge is 2.09. The van der Waals surface area contributed by atoms with Crippen LogP contribution in [0.1, 0.15) is 6.42 Å². The second kappa shape index (κ2) is 8.41. The van der Waals surface area contributed by atoms with E-state index < -0.39 is 0 Å². The van der Waals surface area contributed by atoms with Crippen molar-refractivity contribution in [2.45, 2.75) is 6.42 Å². The number of benzene rings is 1. The van der Waals surface area contributed by atoms with Gasteiger partial charge in [-0.25, -0.2) is 4.98 Å². The van der Waals surface area contributed by atoms with Crippen LogP contribution >= 0.6 is 11.6 Å². The molecule has 7 heteroatoms. The van der Waals surface area contributed by atoms with Gasteiger partial charge in [0.25, 0.3) is 0 Å². The first-order chi connectivity index (χ1) is 12.3. The number of aromatic nitrogens is 3. The van der Waals surface area contributed by atoms with Crippen LogP contribution in [0, 0.1) is 0 Å². The molecule has 0 bridgehead atoms. The minimum Gasteiger partial charge on any atom is -0.396 e. The number of halogens is 1. The fourth-order valence-corrected chi connectivity index (χ4v) is 2.40. The fraction of sp³-hybridized carbons (Fsp3) is 0.167. The van der Waals surface area contributed by atoms with Crippen molar-refractivity contribution in [3.8, 4) is 11.4 Å². The van der Waals surface area contributed by atoms with Gasteiger partial charge in [-0.15, -0.1) is 0 Å². The molecule has 3 rings (SSSR count). The van der Waals surface area contributed by atoms with E-state index in [9.17, 15) is 0 Å². The summed E-state index contributed by atoms with van der Waals surface area (Å²) in [6.45, 7) is 0.686. The Morgan fingerprint density at radius 1 is 1.00 bits per heavy atom. The van der Waals surface area contributed by atoms with Crippen LogP contribution in [-0.4, -0.2) is 33.2 Å². The van der Waals surface area contributed by atoms with E-state index in [1.165, 1.54) is 0 Å². The van der Waals surface area contributed by atoms with Crippen LogP contribution in [-0.2, 0) is 0 Å². The normalized spacial score (nSPS) is 10.5. The first-order valence-electron chi connectivity index (χ1n) is 7.93. The zero-order chi connectivity index (χ0) is 17.5. The lowest BCUT2D eigenvalue weighted by Crippen LogP contribution is -2.09. The molecule has 0 radical (unpaired) electrons. The number of para-hydroxylation sites is 1. The Hall–Kier alpha value is -2.70. The fourth-order valence-electron chi connectivity index (χ4n) is 2.22. The van der Waals surface area contributed by atoms with Crippen LogP contribution < -0.4 is 10.6 Å². The largest absolute Gasteiger partial charge is 0.396 e. The molecular formula is C18H18ClN5O. The topological polar surface area (TPSA) is 83.0 Å². The molecule has 0 saturated carbocycles. The lowest BCUT2D eigenvalue weighted by atomic mass is 10.2. The van der Waals surface area contributed by atoms with Crippen molar-refractivity contribution in [2.75, 3.05) is 23.8 Å². The smallest absolute Gasteiger partial charge is 0.225 e. The Kier molecular flexibility index (Phi) is 5.77. The molecule has 2 aromatic heterocycles. The van der Waals surface area contributed by atoms with Gasteiger partial charge >= 0.3 is 0 Å². The van der Waals surface area contributed by atoms with E-state index in [2.05, 4.69) is 25.6 Å². The monoisotopic (exact) mass is 355 g/mol. The predicted octanol–water partition coefficient (Wildman–Crippen LogP) is 3.73. The van der Waals surface area contributed by atoms with Crippen LogP contribution in [0.5, 0.6) is 0 Å². The zero-order valence-electron chi connectivity index (χ0n) is 13.5. The number of aliphatic hydroxyl groups is 1. The Bertz CT molecular complexity index is 829. The second-order valence-corrected chi connectivity index (χ2v) is 5.69. The highest BCUT2D eigenvalue weighted by molar-refractivity contribution is 6.33. The minimum atomic E-state index is 0.109. The molecule has 6 nitrogen and oxygen atoms in total. The highest BCUT2D eigenvalue weighted by Crippen LogP contribution is 2.26. The number of hydrogen-bond acceptors (Lipinski definition) is 6. The van der Waals surface area contributed by atoms with E-state index in [4.69, 9.17) is 16.7 Å². The lowest BCUT2D eigenvalue weighted by molar-refractivity contribution is 0.292. The van der Waals surface area contributed by atoms with Gasteiger partial charge in [-0.3, -0.25) is 4.98 Å². The SMILES string of the molecule is OCCCNc1nc(Nc2ccccc2Cl)cc(-c2ccccn2)n1. The lowest BCUT2D eigenvalue weighted by Gasteiger charge is -2.12. The van der Waals surface area contributed by atoms with E-state index in [0.29, 0.717) is 35.4 Å². The molecule has 2 heterocycles. The van der Waals surface area contributed by atoms with Crippen LogP contribution in [0.4, 0.5) is 17.5 Å². The maximum atomic E-state index is 8.94. The summed E-state index contributed by atoms with van der Waals surface area (Å²) in [5.41, 5.74) is 2.20. The van der Waals surface area contributed by atoms with Gasteiger partial charge in [0.05, 0.1) is 22.1 Å². The number of hydrogen-bond donors (Lipinski definition) is 3. The van der Waals surface area contributed by atoms with E-state index >= 15 is 0 Å². The average molecular weight is 356 g/mol. The number of nitrogens with zero attached hydrogens (tertiary/aromatic N) is 3. The molecule has 128 valence electrons. The molecule has 0 amide bonds. The summed E-state index contributed by atoms with van der Waals surface area (Å²) in [5, 5.41) is 15.9. The molecule has 0 aliphatic heterocycles. The van der Waals surface area contributed by atoms with Gasteiger partial charge in [0, 0.05) is 25.4 Å². The third kappa shape index (κ3) is 4.65. The molecule has 0 fully saturated rings. The third-order valence-electron chi connectivity index (χ3n) is 3.41. The number of nitrogens with one attached hydrogen (secondary N) is 2. The van der Waals surface area contributed by atoms with Crippen LogP contribution in [0.25, 0.3) is 11.4 Å². The first-order valence-corrected chi connectivity index (χ1v) is 8.31. The Morgan fingerprint density at radius 3 is 2.60 bits per heavy atom. The van der Waals surface area contributed by atoms with Crippen molar-refractivity contribution in [3.05, 3.63) is 59.8 Å². The van der Waals surface area contributed by atoms with Crippen LogP contribution in [0.15, 0.2) is 54.7 Å². The van der Waals surface area contributed by atoms with E-state index in [0.717, 1.165) is 11.4 Å².